The second-order valence-corrected chi connectivity index (χ2v) is 4.21. The minimum Gasteiger partial charge on any atom is -0.382 e. The summed E-state index contributed by atoms with van der Waals surface area (Å²) in [4.78, 5) is 0. The SMILES string of the molecule is Fc1ccc(NCC2CCCN2)c(Cl)c1. The predicted molar refractivity (Wildman–Crippen MR) is 60.9 cm³/mol. The van der Waals surface area contributed by atoms with Gasteiger partial charge < -0.3 is 10.6 Å². The van der Waals surface area contributed by atoms with Crippen LogP contribution in [0.5, 0.6) is 0 Å². The molecular weight excluding hydrogens is 215 g/mol. The van der Waals surface area contributed by atoms with Crippen molar-refractivity contribution in [1.82, 2.24) is 5.32 Å². The van der Waals surface area contributed by atoms with Crippen LogP contribution in [0.3, 0.4) is 0 Å². The summed E-state index contributed by atoms with van der Waals surface area (Å²) in [6.07, 6.45) is 2.41. The molecule has 1 heterocycles. The molecule has 1 aromatic rings. The molecule has 0 spiro atoms. The highest BCUT2D eigenvalue weighted by atomic mass is 35.5. The average molecular weight is 229 g/mol. The molecule has 0 saturated carbocycles. The molecule has 82 valence electrons. The normalized spacial score (nSPS) is 20.5. The van der Waals surface area contributed by atoms with Gasteiger partial charge in [0, 0.05) is 12.6 Å². The second kappa shape index (κ2) is 4.81. The van der Waals surface area contributed by atoms with Crippen LogP contribution in [0, 0.1) is 5.82 Å². The Bertz CT molecular complexity index is 337. The van der Waals surface area contributed by atoms with E-state index in [1.54, 1.807) is 6.07 Å². The summed E-state index contributed by atoms with van der Waals surface area (Å²) < 4.78 is 12.8. The third-order valence-corrected chi connectivity index (χ3v) is 2.95. The van der Waals surface area contributed by atoms with Crippen LogP contribution in [-0.4, -0.2) is 19.1 Å². The van der Waals surface area contributed by atoms with Crippen molar-refractivity contribution in [2.45, 2.75) is 18.9 Å². The molecule has 2 nitrogen and oxygen atoms in total. The van der Waals surface area contributed by atoms with Crippen LogP contribution in [0.4, 0.5) is 10.1 Å². The standard InChI is InChI=1S/C11H14ClFN2/c12-10-6-8(13)3-4-11(10)15-7-9-2-1-5-14-9/h3-4,6,9,14-15H,1-2,5,7H2. The average Bonchev–Trinajstić information content (AvgIpc) is 2.69. The Morgan fingerprint density at radius 2 is 2.40 bits per heavy atom. The quantitative estimate of drug-likeness (QED) is 0.831. The van der Waals surface area contributed by atoms with Crippen molar-refractivity contribution >= 4 is 17.3 Å². The third kappa shape index (κ3) is 2.83. The molecule has 2 N–H and O–H groups in total. The van der Waals surface area contributed by atoms with E-state index in [1.807, 2.05) is 0 Å². The molecular formula is C11H14ClFN2. The van der Waals surface area contributed by atoms with Gasteiger partial charge in [-0.15, -0.1) is 0 Å². The summed E-state index contributed by atoms with van der Waals surface area (Å²) in [7, 11) is 0. The van der Waals surface area contributed by atoms with Gasteiger partial charge in [-0.3, -0.25) is 0 Å². The first-order valence-electron chi connectivity index (χ1n) is 5.18. The molecule has 1 atom stereocenters. The molecule has 15 heavy (non-hydrogen) atoms. The summed E-state index contributed by atoms with van der Waals surface area (Å²) in [5, 5.41) is 7.04. The first kappa shape index (κ1) is 10.7. The number of halogens is 2. The van der Waals surface area contributed by atoms with Crippen LogP contribution in [0.15, 0.2) is 18.2 Å². The van der Waals surface area contributed by atoms with Crippen LogP contribution in [0.1, 0.15) is 12.8 Å². The maximum absolute atomic E-state index is 12.8. The molecule has 0 radical (unpaired) electrons. The molecule has 1 aliphatic rings. The Morgan fingerprint density at radius 1 is 1.53 bits per heavy atom. The zero-order chi connectivity index (χ0) is 10.7. The van der Waals surface area contributed by atoms with Gasteiger partial charge in [0.15, 0.2) is 0 Å². The van der Waals surface area contributed by atoms with Gasteiger partial charge in [-0.2, -0.15) is 0 Å². The van der Waals surface area contributed by atoms with E-state index in [0.717, 1.165) is 18.8 Å². The van der Waals surface area contributed by atoms with E-state index < -0.39 is 0 Å². The molecule has 0 amide bonds. The molecule has 4 heteroatoms. The largest absolute Gasteiger partial charge is 0.382 e. The second-order valence-electron chi connectivity index (χ2n) is 3.80. The van der Waals surface area contributed by atoms with Crippen LogP contribution < -0.4 is 10.6 Å². The molecule has 1 aliphatic heterocycles. The number of rotatable bonds is 3. The van der Waals surface area contributed by atoms with Gasteiger partial charge in [-0.25, -0.2) is 4.39 Å². The van der Waals surface area contributed by atoms with Crippen molar-refractivity contribution in [2.24, 2.45) is 0 Å². The fraction of sp³-hybridized carbons (Fsp3) is 0.455. The van der Waals surface area contributed by atoms with Crippen LogP contribution in [-0.2, 0) is 0 Å². The van der Waals surface area contributed by atoms with Crippen molar-refractivity contribution < 1.29 is 4.39 Å². The topological polar surface area (TPSA) is 24.1 Å². The summed E-state index contributed by atoms with van der Waals surface area (Å²) in [6, 6.07) is 4.92. The minimum absolute atomic E-state index is 0.301. The molecule has 1 saturated heterocycles. The minimum atomic E-state index is -0.301. The summed E-state index contributed by atoms with van der Waals surface area (Å²) >= 11 is 5.89. The third-order valence-electron chi connectivity index (χ3n) is 2.63. The van der Waals surface area contributed by atoms with Crippen LogP contribution in [0.25, 0.3) is 0 Å². The summed E-state index contributed by atoms with van der Waals surface area (Å²) in [5.41, 5.74) is 0.798. The summed E-state index contributed by atoms with van der Waals surface area (Å²) in [5.74, 6) is -0.301. The first-order chi connectivity index (χ1) is 7.25. The van der Waals surface area contributed by atoms with Crippen molar-refractivity contribution in [1.29, 1.82) is 0 Å². The first-order valence-corrected chi connectivity index (χ1v) is 5.56. The maximum Gasteiger partial charge on any atom is 0.124 e. The lowest BCUT2D eigenvalue weighted by Crippen LogP contribution is -2.29. The zero-order valence-corrected chi connectivity index (χ0v) is 9.15. The van der Waals surface area contributed by atoms with Gasteiger partial charge in [0.05, 0.1) is 10.7 Å². The Balaban J connectivity index is 1.92. The highest BCUT2D eigenvalue weighted by molar-refractivity contribution is 6.33. The lowest BCUT2D eigenvalue weighted by Gasteiger charge is -2.13. The molecule has 1 unspecified atom stereocenters. The van der Waals surface area contributed by atoms with Gasteiger partial charge in [-0.05, 0) is 37.6 Å². The Morgan fingerprint density at radius 3 is 3.07 bits per heavy atom. The molecule has 0 aromatic heterocycles. The van der Waals surface area contributed by atoms with Crippen molar-refractivity contribution in [3.63, 3.8) is 0 Å². The number of hydrogen-bond donors (Lipinski definition) is 2. The lowest BCUT2D eigenvalue weighted by molar-refractivity contribution is 0.626. The Labute approximate surface area is 93.8 Å². The van der Waals surface area contributed by atoms with Crippen molar-refractivity contribution in [2.75, 3.05) is 18.4 Å². The highest BCUT2D eigenvalue weighted by Crippen LogP contribution is 2.22. The van der Waals surface area contributed by atoms with Gasteiger partial charge in [0.1, 0.15) is 5.82 Å². The molecule has 2 rings (SSSR count). The van der Waals surface area contributed by atoms with Gasteiger partial charge >= 0.3 is 0 Å². The highest BCUT2D eigenvalue weighted by Gasteiger charge is 2.13. The van der Waals surface area contributed by atoms with Crippen molar-refractivity contribution in [3.05, 3.63) is 29.0 Å². The van der Waals surface area contributed by atoms with Gasteiger partial charge in [-0.1, -0.05) is 11.6 Å². The van der Waals surface area contributed by atoms with E-state index in [9.17, 15) is 4.39 Å². The van der Waals surface area contributed by atoms with E-state index >= 15 is 0 Å². The van der Waals surface area contributed by atoms with Crippen LogP contribution >= 0.6 is 11.6 Å². The van der Waals surface area contributed by atoms with E-state index in [0.29, 0.717) is 11.1 Å². The Hall–Kier alpha value is -0.800. The lowest BCUT2D eigenvalue weighted by atomic mass is 10.2. The fourth-order valence-electron chi connectivity index (χ4n) is 1.80. The van der Waals surface area contributed by atoms with Crippen molar-refractivity contribution in [3.8, 4) is 0 Å². The monoisotopic (exact) mass is 228 g/mol. The van der Waals surface area contributed by atoms with Crippen LogP contribution in [0.2, 0.25) is 5.02 Å². The number of hydrogen-bond acceptors (Lipinski definition) is 2. The molecule has 0 bridgehead atoms. The number of nitrogens with one attached hydrogen (secondary N) is 2. The van der Waals surface area contributed by atoms with Gasteiger partial charge in [0.25, 0.3) is 0 Å². The van der Waals surface area contributed by atoms with E-state index in [2.05, 4.69) is 10.6 Å². The summed E-state index contributed by atoms with van der Waals surface area (Å²) in [6.45, 7) is 1.93. The fourth-order valence-corrected chi connectivity index (χ4v) is 2.03. The maximum atomic E-state index is 12.8. The number of anilines is 1. The number of benzene rings is 1. The van der Waals surface area contributed by atoms with E-state index in [4.69, 9.17) is 11.6 Å². The van der Waals surface area contributed by atoms with Gasteiger partial charge in [0.2, 0.25) is 0 Å². The molecule has 1 aromatic carbocycles. The van der Waals surface area contributed by atoms with E-state index in [-0.39, 0.29) is 5.82 Å². The van der Waals surface area contributed by atoms with E-state index in [1.165, 1.54) is 25.0 Å². The smallest absolute Gasteiger partial charge is 0.124 e. The molecule has 0 aliphatic carbocycles. The zero-order valence-electron chi connectivity index (χ0n) is 8.39. The predicted octanol–water partition coefficient (Wildman–Crippen LogP) is 2.64. The Kier molecular flexibility index (Phi) is 3.44. The molecule has 1 fully saturated rings.